The maximum Gasteiger partial charge on any atom is 0.417 e. The third-order valence-corrected chi connectivity index (χ3v) is 1.78. The highest BCUT2D eigenvalue weighted by atomic mass is 19.4. The summed E-state index contributed by atoms with van der Waals surface area (Å²) in [6.45, 7) is 0.103. The Balaban J connectivity index is 2.85. The van der Waals surface area contributed by atoms with Gasteiger partial charge in [0.25, 0.3) is 0 Å². The number of hydrogen-bond acceptors (Lipinski definition) is 2. The summed E-state index contributed by atoms with van der Waals surface area (Å²) in [7, 11) is 0. The molecule has 1 heterocycles. The fourth-order valence-corrected chi connectivity index (χ4v) is 0.921. The molecular formula is C5H6F3NO2. The molecular weight excluding hydrogens is 163 g/mol. The molecule has 2 N–H and O–H groups in total. The highest BCUT2D eigenvalue weighted by Crippen LogP contribution is 2.37. The lowest BCUT2D eigenvalue weighted by molar-refractivity contribution is -0.224. The van der Waals surface area contributed by atoms with E-state index in [1.165, 1.54) is 0 Å². The molecule has 11 heavy (non-hydrogen) atoms. The summed E-state index contributed by atoms with van der Waals surface area (Å²) in [5.74, 6) is -1.85. The number of halogens is 3. The number of hydrogen-bond donors (Lipinski definition) is 2. The van der Waals surface area contributed by atoms with Crippen LogP contribution in [0.2, 0.25) is 0 Å². The van der Waals surface area contributed by atoms with Gasteiger partial charge in [0.15, 0.2) is 0 Å². The summed E-state index contributed by atoms with van der Waals surface area (Å²) < 4.78 is 35.9. The monoisotopic (exact) mass is 169 g/mol. The average molecular weight is 169 g/mol. The molecule has 1 atom stereocenters. The molecule has 0 amide bonds. The number of alkyl halides is 3. The lowest BCUT2D eigenvalue weighted by atomic mass is 9.87. The van der Waals surface area contributed by atoms with Crippen molar-refractivity contribution in [2.24, 2.45) is 0 Å². The van der Waals surface area contributed by atoms with Gasteiger partial charge >= 0.3 is 12.1 Å². The molecule has 6 heteroatoms. The van der Waals surface area contributed by atoms with Gasteiger partial charge in [-0.3, -0.25) is 5.32 Å². The highest BCUT2D eigenvalue weighted by Gasteiger charge is 2.64. The maximum atomic E-state index is 12.0. The summed E-state index contributed by atoms with van der Waals surface area (Å²) in [6, 6.07) is 0. The van der Waals surface area contributed by atoms with Gasteiger partial charge < -0.3 is 5.11 Å². The first-order chi connectivity index (χ1) is 4.90. The van der Waals surface area contributed by atoms with E-state index in [0.29, 0.717) is 0 Å². The van der Waals surface area contributed by atoms with Crippen molar-refractivity contribution in [3.05, 3.63) is 0 Å². The van der Waals surface area contributed by atoms with E-state index in [4.69, 9.17) is 5.11 Å². The van der Waals surface area contributed by atoms with Crippen molar-refractivity contribution in [3.8, 4) is 0 Å². The molecule has 0 aromatic rings. The van der Waals surface area contributed by atoms with Crippen molar-refractivity contribution >= 4 is 5.97 Å². The van der Waals surface area contributed by atoms with Crippen molar-refractivity contribution in [1.82, 2.24) is 5.32 Å². The van der Waals surface area contributed by atoms with Gasteiger partial charge in [-0.15, -0.1) is 0 Å². The first-order valence-electron chi connectivity index (χ1n) is 2.95. The molecule has 1 fully saturated rings. The molecule has 0 spiro atoms. The second kappa shape index (κ2) is 2.10. The minimum atomic E-state index is -4.70. The quantitative estimate of drug-likeness (QED) is 0.596. The number of rotatable bonds is 1. The lowest BCUT2D eigenvalue weighted by Crippen LogP contribution is -2.70. The Hall–Kier alpha value is -0.780. The Kier molecular flexibility index (Phi) is 1.59. The maximum absolute atomic E-state index is 12.0. The van der Waals surface area contributed by atoms with Gasteiger partial charge in [0, 0.05) is 0 Å². The Bertz CT molecular complexity index is 185. The largest absolute Gasteiger partial charge is 0.480 e. The smallest absolute Gasteiger partial charge is 0.417 e. The van der Waals surface area contributed by atoms with Crippen molar-refractivity contribution in [3.63, 3.8) is 0 Å². The predicted octanol–water partition coefficient (Wildman–Crippen LogP) is 0.365. The SMILES string of the molecule is O=C(O)[C@]1(C(F)(F)F)CCN1. The van der Waals surface area contributed by atoms with Gasteiger partial charge in [0.05, 0.1) is 0 Å². The Labute approximate surface area is 60.2 Å². The molecule has 1 aliphatic rings. The van der Waals surface area contributed by atoms with Gasteiger partial charge in [-0.2, -0.15) is 13.2 Å². The fourth-order valence-electron chi connectivity index (χ4n) is 0.921. The van der Waals surface area contributed by atoms with E-state index in [1.807, 2.05) is 5.32 Å². The van der Waals surface area contributed by atoms with Crippen molar-refractivity contribution in [2.45, 2.75) is 18.1 Å². The molecule has 0 aromatic carbocycles. The lowest BCUT2D eigenvalue weighted by Gasteiger charge is -2.40. The van der Waals surface area contributed by atoms with Gasteiger partial charge in [-0.25, -0.2) is 4.79 Å². The third kappa shape index (κ3) is 0.973. The van der Waals surface area contributed by atoms with E-state index in [9.17, 15) is 18.0 Å². The van der Waals surface area contributed by atoms with Gasteiger partial charge in [-0.1, -0.05) is 0 Å². The zero-order chi connectivity index (χ0) is 8.70. The zero-order valence-corrected chi connectivity index (χ0v) is 5.40. The molecule has 1 aliphatic heterocycles. The number of carboxylic acid groups (broad SMARTS) is 1. The predicted molar refractivity (Wildman–Crippen MR) is 29.0 cm³/mol. The van der Waals surface area contributed by atoms with Gasteiger partial charge in [0.2, 0.25) is 5.54 Å². The van der Waals surface area contributed by atoms with Crippen molar-refractivity contribution < 1.29 is 23.1 Å². The first kappa shape index (κ1) is 8.32. The van der Waals surface area contributed by atoms with Gasteiger partial charge in [0.1, 0.15) is 0 Å². The minimum Gasteiger partial charge on any atom is -0.480 e. The minimum absolute atomic E-state index is 0.103. The van der Waals surface area contributed by atoms with Crippen LogP contribution in [0.1, 0.15) is 6.42 Å². The van der Waals surface area contributed by atoms with Crippen LogP contribution in [-0.4, -0.2) is 29.3 Å². The zero-order valence-electron chi connectivity index (χ0n) is 5.40. The van der Waals surface area contributed by atoms with Crippen LogP contribution in [0, 0.1) is 0 Å². The molecule has 0 unspecified atom stereocenters. The summed E-state index contributed by atoms with van der Waals surface area (Å²) in [4.78, 5) is 10.2. The van der Waals surface area contributed by atoms with Crippen LogP contribution in [0.3, 0.4) is 0 Å². The second-order valence-corrected chi connectivity index (χ2v) is 2.39. The van der Waals surface area contributed by atoms with E-state index in [-0.39, 0.29) is 13.0 Å². The van der Waals surface area contributed by atoms with E-state index in [1.54, 1.807) is 0 Å². The number of carbonyl (C=O) groups is 1. The number of nitrogens with one attached hydrogen (secondary N) is 1. The van der Waals surface area contributed by atoms with E-state index >= 15 is 0 Å². The van der Waals surface area contributed by atoms with Crippen LogP contribution in [0.4, 0.5) is 13.2 Å². The van der Waals surface area contributed by atoms with Crippen LogP contribution >= 0.6 is 0 Å². The first-order valence-corrected chi connectivity index (χ1v) is 2.95. The summed E-state index contributed by atoms with van der Waals surface area (Å²) in [5, 5.41) is 10.1. The van der Waals surface area contributed by atoms with Gasteiger partial charge in [-0.05, 0) is 13.0 Å². The Morgan fingerprint density at radius 1 is 1.55 bits per heavy atom. The van der Waals surface area contributed by atoms with Crippen LogP contribution in [0.5, 0.6) is 0 Å². The molecule has 0 saturated carbocycles. The molecule has 0 radical (unpaired) electrons. The highest BCUT2D eigenvalue weighted by molar-refractivity contribution is 5.81. The standard InChI is InChI=1S/C5H6F3NO2/c6-5(7,8)4(3(10)11)1-2-9-4/h9H,1-2H2,(H,10,11)/t4-/m0/s1. The van der Waals surface area contributed by atoms with Crippen LogP contribution in [0.15, 0.2) is 0 Å². The van der Waals surface area contributed by atoms with Crippen molar-refractivity contribution in [1.29, 1.82) is 0 Å². The normalized spacial score (nSPS) is 31.2. The summed E-state index contributed by atoms with van der Waals surface area (Å²) in [5.41, 5.74) is -2.67. The topological polar surface area (TPSA) is 49.3 Å². The third-order valence-electron chi connectivity index (χ3n) is 1.78. The summed E-state index contributed by atoms with van der Waals surface area (Å²) in [6.07, 6.45) is -5.08. The number of carboxylic acids is 1. The molecule has 1 rings (SSSR count). The molecule has 0 bridgehead atoms. The second-order valence-electron chi connectivity index (χ2n) is 2.39. The van der Waals surface area contributed by atoms with Crippen LogP contribution in [-0.2, 0) is 4.79 Å². The molecule has 3 nitrogen and oxygen atoms in total. The fraction of sp³-hybridized carbons (Fsp3) is 0.800. The van der Waals surface area contributed by atoms with E-state index < -0.39 is 17.7 Å². The average Bonchev–Trinajstić information content (AvgIpc) is 1.52. The molecule has 0 aliphatic carbocycles. The molecule has 0 aromatic heterocycles. The Morgan fingerprint density at radius 2 is 2.00 bits per heavy atom. The van der Waals surface area contributed by atoms with Crippen LogP contribution in [0.25, 0.3) is 0 Å². The van der Waals surface area contributed by atoms with Crippen LogP contribution < -0.4 is 5.32 Å². The summed E-state index contributed by atoms with van der Waals surface area (Å²) >= 11 is 0. The van der Waals surface area contributed by atoms with E-state index in [0.717, 1.165) is 0 Å². The Morgan fingerprint density at radius 3 is 2.00 bits per heavy atom. The van der Waals surface area contributed by atoms with E-state index in [2.05, 4.69) is 0 Å². The van der Waals surface area contributed by atoms with Crippen molar-refractivity contribution in [2.75, 3.05) is 6.54 Å². The molecule has 1 saturated heterocycles. The number of aliphatic carboxylic acids is 1. The molecule has 64 valence electrons.